The van der Waals surface area contributed by atoms with Crippen LogP contribution in [0.2, 0.25) is 10.0 Å². The molecular formula is C19H12BrCl2NO5. The molecule has 2 aromatic rings. The van der Waals surface area contributed by atoms with Crippen molar-refractivity contribution < 1.29 is 23.8 Å². The summed E-state index contributed by atoms with van der Waals surface area (Å²) < 4.78 is 16.1. The van der Waals surface area contributed by atoms with Crippen LogP contribution in [-0.2, 0) is 14.3 Å². The van der Waals surface area contributed by atoms with E-state index in [2.05, 4.69) is 20.9 Å². The maximum Gasteiger partial charge on any atom is 0.363 e. The van der Waals surface area contributed by atoms with Gasteiger partial charge in [-0.15, -0.1) is 0 Å². The van der Waals surface area contributed by atoms with Crippen molar-refractivity contribution in [2.45, 2.75) is 6.92 Å². The van der Waals surface area contributed by atoms with Crippen molar-refractivity contribution in [3.63, 3.8) is 0 Å². The van der Waals surface area contributed by atoms with E-state index in [4.69, 9.17) is 37.4 Å². The van der Waals surface area contributed by atoms with Crippen molar-refractivity contribution in [1.29, 1.82) is 0 Å². The predicted octanol–water partition coefficient (Wildman–Crippen LogP) is 5.03. The molecule has 9 heteroatoms. The number of rotatable bonds is 4. The van der Waals surface area contributed by atoms with Gasteiger partial charge in [0.05, 0.1) is 21.6 Å². The Labute approximate surface area is 178 Å². The fraction of sp³-hybridized carbons (Fsp3) is 0.105. The molecule has 0 spiro atoms. The topological polar surface area (TPSA) is 74.2 Å². The molecule has 0 saturated carbocycles. The molecule has 0 aliphatic carbocycles. The van der Waals surface area contributed by atoms with E-state index < -0.39 is 11.9 Å². The molecule has 28 heavy (non-hydrogen) atoms. The average Bonchev–Trinajstić information content (AvgIpc) is 2.99. The largest absolute Gasteiger partial charge is 0.493 e. The predicted molar refractivity (Wildman–Crippen MR) is 109 cm³/mol. The van der Waals surface area contributed by atoms with Crippen LogP contribution < -0.4 is 9.47 Å². The normalized spacial score (nSPS) is 14.7. The van der Waals surface area contributed by atoms with Gasteiger partial charge in [-0.25, -0.2) is 9.79 Å². The van der Waals surface area contributed by atoms with Gasteiger partial charge in [0.25, 0.3) is 0 Å². The number of ether oxygens (including phenoxy) is 3. The molecule has 1 aliphatic heterocycles. The summed E-state index contributed by atoms with van der Waals surface area (Å²) in [4.78, 5) is 27.7. The number of carbonyl (C=O) groups is 2. The van der Waals surface area contributed by atoms with Gasteiger partial charge in [0, 0.05) is 12.5 Å². The van der Waals surface area contributed by atoms with Crippen molar-refractivity contribution in [2.75, 3.05) is 7.11 Å². The standard InChI is InChI=1S/C19H12BrCl2NO5/c1-9(24)27-17-12(20)5-10(7-16(17)26-2)6-15-19(25)28-18(23-15)11-3-4-13(21)14(22)8-11/h3-8H,1-2H3/b15-6-. The Balaban J connectivity index is 1.97. The van der Waals surface area contributed by atoms with Crippen LogP contribution in [0.5, 0.6) is 11.5 Å². The van der Waals surface area contributed by atoms with Gasteiger partial charge in [-0.05, 0) is 57.9 Å². The first-order valence-electron chi connectivity index (χ1n) is 7.82. The molecule has 144 valence electrons. The molecule has 0 bridgehead atoms. The van der Waals surface area contributed by atoms with Crippen LogP contribution in [0, 0.1) is 0 Å². The molecule has 0 atom stereocenters. The fourth-order valence-corrected chi connectivity index (χ4v) is 3.22. The van der Waals surface area contributed by atoms with E-state index in [1.807, 2.05) is 0 Å². The second kappa shape index (κ2) is 8.34. The number of halogens is 3. The van der Waals surface area contributed by atoms with Crippen LogP contribution in [0.15, 0.2) is 45.5 Å². The van der Waals surface area contributed by atoms with Crippen molar-refractivity contribution in [2.24, 2.45) is 4.99 Å². The number of hydrogen-bond acceptors (Lipinski definition) is 6. The minimum absolute atomic E-state index is 0.0928. The molecule has 3 rings (SSSR count). The lowest BCUT2D eigenvalue weighted by Gasteiger charge is -2.11. The second-order valence-corrected chi connectivity index (χ2v) is 7.26. The number of methoxy groups -OCH3 is 1. The van der Waals surface area contributed by atoms with Crippen LogP contribution in [0.25, 0.3) is 6.08 Å². The molecule has 1 heterocycles. The third-order valence-electron chi connectivity index (χ3n) is 3.59. The molecule has 0 saturated heterocycles. The lowest BCUT2D eigenvalue weighted by molar-refractivity contribution is -0.132. The number of nitrogens with zero attached hydrogens (tertiary/aromatic N) is 1. The van der Waals surface area contributed by atoms with Gasteiger partial charge in [-0.3, -0.25) is 4.79 Å². The molecule has 0 radical (unpaired) electrons. The van der Waals surface area contributed by atoms with E-state index in [9.17, 15) is 9.59 Å². The maximum atomic E-state index is 12.2. The minimum Gasteiger partial charge on any atom is -0.493 e. The van der Waals surface area contributed by atoms with Gasteiger partial charge in [0.2, 0.25) is 5.90 Å². The lowest BCUT2D eigenvalue weighted by atomic mass is 10.1. The highest BCUT2D eigenvalue weighted by Gasteiger charge is 2.25. The van der Waals surface area contributed by atoms with Crippen LogP contribution in [-0.4, -0.2) is 24.9 Å². The maximum absolute atomic E-state index is 12.2. The van der Waals surface area contributed by atoms with Crippen LogP contribution in [0.1, 0.15) is 18.1 Å². The Morgan fingerprint density at radius 3 is 2.61 bits per heavy atom. The Kier molecular flexibility index (Phi) is 6.07. The Hall–Kier alpha value is -2.35. The van der Waals surface area contributed by atoms with Crippen molar-refractivity contribution in [3.05, 3.63) is 61.7 Å². The summed E-state index contributed by atoms with van der Waals surface area (Å²) in [6, 6.07) is 8.07. The van der Waals surface area contributed by atoms with Crippen LogP contribution >= 0.6 is 39.1 Å². The van der Waals surface area contributed by atoms with E-state index in [-0.39, 0.29) is 17.3 Å². The zero-order chi connectivity index (χ0) is 20.4. The number of hydrogen-bond donors (Lipinski definition) is 0. The van der Waals surface area contributed by atoms with Gasteiger partial charge in [-0.2, -0.15) is 0 Å². The number of carbonyl (C=O) groups excluding carboxylic acids is 2. The first-order valence-corrected chi connectivity index (χ1v) is 9.37. The highest BCUT2D eigenvalue weighted by atomic mass is 79.9. The first kappa shape index (κ1) is 20.4. The first-order chi connectivity index (χ1) is 13.3. The number of cyclic esters (lactones) is 1. The van der Waals surface area contributed by atoms with E-state index in [1.54, 1.807) is 30.3 Å². The zero-order valence-electron chi connectivity index (χ0n) is 14.6. The van der Waals surface area contributed by atoms with Gasteiger partial charge >= 0.3 is 11.9 Å². The molecular weight excluding hydrogens is 473 g/mol. The Morgan fingerprint density at radius 1 is 1.21 bits per heavy atom. The Morgan fingerprint density at radius 2 is 1.96 bits per heavy atom. The highest BCUT2D eigenvalue weighted by molar-refractivity contribution is 9.10. The lowest BCUT2D eigenvalue weighted by Crippen LogP contribution is -2.05. The summed E-state index contributed by atoms with van der Waals surface area (Å²) >= 11 is 15.2. The van der Waals surface area contributed by atoms with E-state index >= 15 is 0 Å². The van der Waals surface area contributed by atoms with Gasteiger partial charge in [0.1, 0.15) is 0 Å². The van der Waals surface area contributed by atoms with Crippen molar-refractivity contribution >= 4 is 63.0 Å². The quantitative estimate of drug-likeness (QED) is 0.345. The molecule has 2 aromatic carbocycles. The summed E-state index contributed by atoms with van der Waals surface area (Å²) in [7, 11) is 1.44. The van der Waals surface area contributed by atoms with Crippen molar-refractivity contribution in [1.82, 2.24) is 0 Å². The molecule has 0 fully saturated rings. The average molecular weight is 485 g/mol. The third-order valence-corrected chi connectivity index (χ3v) is 4.92. The highest BCUT2D eigenvalue weighted by Crippen LogP contribution is 2.37. The molecule has 1 aliphatic rings. The molecule has 0 unspecified atom stereocenters. The fourth-order valence-electron chi connectivity index (χ4n) is 2.39. The van der Waals surface area contributed by atoms with Crippen LogP contribution in [0.4, 0.5) is 0 Å². The molecule has 0 amide bonds. The summed E-state index contributed by atoms with van der Waals surface area (Å²) in [5.41, 5.74) is 1.20. The smallest absolute Gasteiger partial charge is 0.363 e. The summed E-state index contributed by atoms with van der Waals surface area (Å²) in [5.74, 6) is -0.416. The van der Waals surface area contributed by atoms with Gasteiger partial charge in [0.15, 0.2) is 17.2 Å². The molecule has 6 nitrogen and oxygen atoms in total. The van der Waals surface area contributed by atoms with Crippen LogP contribution in [0.3, 0.4) is 0 Å². The Bertz CT molecular complexity index is 1050. The van der Waals surface area contributed by atoms with Gasteiger partial charge < -0.3 is 14.2 Å². The SMILES string of the molecule is COc1cc(/C=C2\N=C(c3ccc(Cl)c(Cl)c3)OC2=O)cc(Br)c1OC(C)=O. The molecule has 0 N–H and O–H groups in total. The number of esters is 2. The number of aliphatic imine (C=N–C) groups is 1. The van der Waals surface area contributed by atoms with Gasteiger partial charge in [-0.1, -0.05) is 23.2 Å². The monoisotopic (exact) mass is 483 g/mol. The summed E-state index contributed by atoms with van der Waals surface area (Å²) in [5, 5.41) is 0.709. The van der Waals surface area contributed by atoms with E-state index in [0.29, 0.717) is 31.4 Å². The second-order valence-electron chi connectivity index (χ2n) is 5.59. The van der Waals surface area contributed by atoms with Crippen molar-refractivity contribution in [3.8, 4) is 11.5 Å². The number of benzene rings is 2. The van der Waals surface area contributed by atoms with E-state index in [0.717, 1.165) is 0 Å². The van der Waals surface area contributed by atoms with E-state index in [1.165, 1.54) is 20.1 Å². The third kappa shape index (κ3) is 4.38. The minimum atomic E-state index is -0.611. The summed E-state index contributed by atoms with van der Waals surface area (Å²) in [6.07, 6.45) is 1.53. The zero-order valence-corrected chi connectivity index (χ0v) is 17.7. The summed E-state index contributed by atoms with van der Waals surface area (Å²) in [6.45, 7) is 1.29. The molecule has 0 aromatic heterocycles.